The number of aliphatic hydroxyl groups excluding tert-OH is 1. The van der Waals surface area contributed by atoms with Gasteiger partial charge in [0.2, 0.25) is 0 Å². The summed E-state index contributed by atoms with van der Waals surface area (Å²) in [4.78, 5) is 0. The summed E-state index contributed by atoms with van der Waals surface area (Å²) in [6, 6.07) is 30.6. The number of aliphatic hydroxyl groups is 1. The molecule has 0 spiro atoms. The Morgan fingerprint density at radius 1 is 0.545 bits per heavy atom. The van der Waals surface area contributed by atoms with Gasteiger partial charge < -0.3 is 5.11 Å². The Balaban J connectivity index is 0.00000176. The van der Waals surface area contributed by atoms with Crippen molar-refractivity contribution in [2.24, 2.45) is 0 Å². The van der Waals surface area contributed by atoms with E-state index in [1.165, 1.54) is 0 Å². The molecule has 1 nitrogen and oxygen atoms in total. The van der Waals surface area contributed by atoms with Crippen LogP contribution in [0.3, 0.4) is 0 Å². The second-order valence-electron chi connectivity index (χ2n) is 5.16. The first-order valence-corrected chi connectivity index (χ1v) is 7.15. The topological polar surface area (TPSA) is 20.2 Å². The maximum Gasteiger partial charge on any atom is 0.0682 e. The van der Waals surface area contributed by atoms with Gasteiger partial charge in [-0.15, -0.1) is 0 Å². The van der Waals surface area contributed by atoms with Crippen molar-refractivity contribution < 1.29 is 31.3 Å². The van der Waals surface area contributed by atoms with Crippen LogP contribution >= 0.6 is 0 Å². The largest absolute Gasteiger partial charge is 0.395 e. The van der Waals surface area contributed by atoms with Gasteiger partial charge in [0, 0.05) is 26.2 Å². The van der Waals surface area contributed by atoms with Crippen molar-refractivity contribution in [3.63, 3.8) is 0 Å². The number of rotatable bonds is 4. The van der Waals surface area contributed by atoms with E-state index in [1.54, 1.807) is 0 Å². The zero-order valence-electron chi connectivity index (χ0n) is 12.3. The van der Waals surface area contributed by atoms with E-state index in [-0.39, 0.29) is 32.8 Å². The van der Waals surface area contributed by atoms with E-state index in [9.17, 15) is 5.11 Å². The summed E-state index contributed by atoms with van der Waals surface area (Å²) < 4.78 is 0. The molecule has 0 saturated carbocycles. The van der Waals surface area contributed by atoms with Crippen LogP contribution in [0.4, 0.5) is 0 Å². The Bertz CT molecular complexity index is 584. The molecular weight excluding hydrogens is 347 g/mol. The predicted molar refractivity (Wildman–Crippen MR) is 86.3 cm³/mol. The molecule has 0 fully saturated rings. The summed E-state index contributed by atoms with van der Waals surface area (Å²) in [5.74, 6) is 0. The fraction of sp³-hybridized carbons (Fsp3) is 0.100. The van der Waals surface area contributed by atoms with E-state index in [4.69, 9.17) is 0 Å². The Hall–Kier alpha value is -1.50. The van der Waals surface area contributed by atoms with Crippen molar-refractivity contribution in [2.75, 3.05) is 6.61 Å². The van der Waals surface area contributed by atoms with Gasteiger partial charge in [-0.3, -0.25) is 0 Å². The van der Waals surface area contributed by atoms with Crippen LogP contribution in [0.5, 0.6) is 0 Å². The zero-order valence-corrected chi connectivity index (χ0v) is 14.8. The molecule has 0 saturated heterocycles. The van der Waals surface area contributed by atoms with Gasteiger partial charge in [0.05, 0.1) is 12.0 Å². The fourth-order valence-electron chi connectivity index (χ4n) is 2.94. The molecule has 0 aliphatic carbocycles. The molecule has 0 bridgehead atoms. The van der Waals surface area contributed by atoms with Gasteiger partial charge in [0.25, 0.3) is 0 Å². The van der Waals surface area contributed by atoms with Crippen molar-refractivity contribution >= 4 is 0 Å². The van der Waals surface area contributed by atoms with Gasteiger partial charge in [-0.1, -0.05) is 91.0 Å². The summed E-state index contributed by atoms with van der Waals surface area (Å²) in [7, 11) is 0. The number of hydrogen-bond acceptors (Lipinski definition) is 1. The van der Waals surface area contributed by atoms with Crippen molar-refractivity contribution in [1.82, 2.24) is 0 Å². The minimum atomic E-state index is -0.524. The number of benzene rings is 3. The summed E-state index contributed by atoms with van der Waals surface area (Å²) in [6.07, 6.45) is 0. The van der Waals surface area contributed by atoms with Gasteiger partial charge in [-0.2, -0.15) is 0 Å². The van der Waals surface area contributed by atoms with Crippen LogP contribution in [-0.2, 0) is 31.6 Å². The SMILES string of the molecule is OCC(c1ccccc1)(c1ccccc1)c1ccccc1.[Zr]. The molecule has 3 aromatic carbocycles. The van der Waals surface area contributed by atoms with E-state index in [0.29, 0.717) is 0 Å². The van der Waals surface area contributed by atoms with Gasteiger partial charge in [-0.25, -0.2) is 0 Å². The Morgan fingerprint density at radius 2 is 0.818 bits per heavy atom. The average molecular weight is 366 g/mol. The molecule has 22 heavy (non-hydrogen) atoms. The van der Waals surface area contributed by atoms with Gasteiger partial charge in [0.15, 0.2) is 0 Å². The Labute approximate surface area is 150 Å². The molecule has 1 N–H and O–H groups in total. The molecule has 108 valence electrons. The summed E-state index contributed by atoms with van der Waals surface area (Å²) in [5.41, 5.74) is 2.78. The van der Waals surface area contributed by atoms with Crippen molar-refractivity contribution in [1.29, 1.82) is 0 Å². The minimum Gasteiger partial charge on any atom is -0.395 e. The third-order valence-electron chi connectivity index (χ3n) is 4.04. The normalized spacial score (nSPS) is 10.8. The quantitative estimate of drug-likeness (QED) is 0.693. The maximum absolute atomic E-state index is 10.3. The van der Waals surface area contributed by atoms with Crippen molar-refractivity contribution in [3.8, 4) is 0 Å². The van der Waals surface area contributed by atoms with E-state index in [1.807, 2.05) is 54.6 Å². The van der Waals surface area contributed by atoms with Gasteiger partial charge in [0.1, 0.15) is 0 Å². The summed E-state index contributed by atoms with van der Waals surface area (Å²) >= 11 is 0. The molecule has 3 rings (SSSR count). The first-order chi connectivity index (χ1) is 10.4. The second kappa shape index (κ2) is 7.67. The molecule has 0 unspecified atom stereocenters. The van der Waals surface area contributed by atoms with Crippen LogP contribution in [-0.4, -0.2) is 11.7 Å². The maximum atomic E-state index is 10.3. The van der Waals surface area contributed by atoms with E-state index in [2.05, 4.69) is 36.4 Å². The average Bonchev–Trinajstić information content (AvgIpc) is 2.59. The minimum absolute atomic E-state index is 0. The van der Waals surface area contributed by atoms with Crippen molar-refractivity contribution in [2.45, 2.75) is 5.41 Å². The standard InChI is InChI=1S/C20H18O.Zr/c21-16-20(17-10-4-1-5-11-17,18-12-6-2-7-13-18)19-14-8-3-9-15-19;/h1-15,21H,16H2;. The molecule has 0 amide bonds. The van der Waals surface area contributed by atoms with Crippen molar-refractivity contribution in [3.05, 3.63) is 108 Å². The monoisotopic (exact) mass is 364 g/mol. The van der Waals surface area contributed by atoms with Crippen LogP contribution in [0.1, 0.15) is 16.7 Å². The molecule has 0 heterocycles. The first kappa shape index (κ1) is 16.9. The molecular formula is C20H18OZr. The number of hydrogen-bond donors (Lipinski definition) is 1. The predicted octanol–water partition coefficient (Wildman–Crippen LogP) is 4.01. The first-order valence-electron chi connectivity index (χ1n) is 7.15. The molecule has 0 aromatic heterocycles. The Kier molecular flexibility index (Phi) is 5.88. The van der Waals surface area contributed by atoms with Gasteiger partial charge in [-0.05, 0) is 16.7 Å². The van der Waals surface area contributed by atoms with Crippen LogP contribution in [0, 0.1) is 0 Å². The third-order valence-corrected chi connectivity index (χ3v) is 4.04. The summed E-state index contributed by atoms with van der Waals surface area (Å²) in [5, 5.41) is 10.3. The molecule has 2 heteroatoms. The zero-order chi connectivity index (χ0) is 14.5. The Morgan fingerprint density at radius 3 is 1.05 bits per heavy atom. The second-order valence-corrected chi connectivity index (χ2v) is 5.16. The third kappa shape index (κ3) is 3.00. The fourth-order valence-corrected chi connectivity index (χ4v) is 2.94. The van der Waals surface area contributed by atoms with E-state index >= 15 is 0 Å². The molecule has 0 radical (unpaired) electrons. The van der Waals surface area contributed by atoms with Crippen LogP contribution in [0.15, 0.2) is 91.0 Å². The van der Waals surface area contributed by atoms with Crippen LogP contribution in [0.25, 0.3) is 0 Å². The van der Waals surface area contributed by atoms with Gasteiger partial charge >= 0.3 is 0 Å². The molecule has 0 atom stereocenters. The van der Waals surface area contributed by atoms with E-state index in [0.717, 1.165) is 16.7 Å². The molecule has 0 aliphatic rings. The molecule has 0 aliphatic heterocycles. The summed E-state index contributed by atoms with van der Waals surface area (Å²) in [6.45, 7) is 0.0328. The van der Waals surface area contributed by atoms with E-state index < -0.39 is 5.41 Å². The van der Waals surface area contributed by atoms with Crippen LogP contribution < -0.4 is 0 Å². The molecule has 3 aromatic rings. The van der Waals surface area contributed by atoms with Crippen LogP contribution in [0.2, 0.25) is 0 Å². The smallest absolute Gasteiger partial charge is 0.0682 e.